The SMILES string of the molecule is OC(C1CCCCC1)(C1CCC(C2CCCCCCCC2)CC1)C1CCCCC1Cl. The van der Waals surface area contributed by atoms with Crippen molar-refractivity contribution in [2.75, 3.05) is 0 Å². The highest BCUT2D eigenvalue weighted by molar-refractivity contribution is 6.20. The first-order valence-electron chi connectivity index (χ1n) is 14.1. The fourth-order valence-corrected chi connectivity index (χ4v) is 8.78. The first-order chi connectivity index (χ1) is 14.7. The van der Waals surface area contributed by atoms with Gasteiger partial charge in [0.05, 0.1) is 5.60 Å². The maximum Gasteiger partial charge on any atom is 0.0745 e. The van der Waals surface area contributed by atoms with Crippen molar-refractivity contribution >= 4 is 11.6 Å². The van der Waals surface area contributed by atoms with Crippen molar-refractivity contribution in [3.63, 3.8) is 0 Å². The summed E-state index contributed by atoms with van der Waals surface area (Å²) in [7, 11) is 0. The molecule has 4 saturated carbocycles. The van der Waals surface area contributed by atoms with Crippen LogP contribution in [0, 0.1) is 29.6 Å². The molecule has 4 rings (SSSR count). The number of hydrogen-bond donors (Lipinski definition) is 1. The van der Waals surface area contributed by atoms with Gasteiger partial charge in [0.15, 0.2) is 0 Å². The van der Waals surface area contributed by atoms with Crippen molar-refractivity contribution in [1.29, 1.82) is 0 Å². The number of hydrogen-bond acceptors (Lipinski definition) is 1. The summed E-state index contributed by atoms with van der Waals surface area (Å²) in [6.07, 6.45) is 28.4. The van der Waals surface area contributed by atoms with Gasteiger partial charge >= 0.3 is 0 Å². The standard InChI is InChI=1S/C28H49ClO/c29-27-17-11-10-16-26(27)28(30,24-14-8-5-9-15-24)25-20-18-23(19-21-25)22-12-6-3-1-2-4-7-13-22/h22-27,30H,1-21H2. The van der Waals surface area contributed by atoms with Gasteiger partial charge in [0, 0.05) is 11.3 Å². The molecule has 4 aliphatic rings. The molecule has 4 fully saturated rings. The average molecular weight is 437 g/mol. The molecule has 0 aliphatic heterocycles. The first-order valence-corrected chi connectivity index (χ1v) is 14.5. The van der Waals surface area contributed by atoms with E-state index in [4.69, 9.17) is 11.6 Å². The normalized spacial score (nSPS) is 38.2. The van der Waals surface area contributed by atoms with Crippen LogP contribution in [0.15, 0.2) is 0 Å². The summed E-state index contributed by atoms with van der Waals surface area (Å²) in [4.78, 5) is 0. The molecule has 2 heteroatoms. The molecule has 3 unspecified atom stereocenters. The monoisotopic (exact) mass is 436 g/mol. The number of alkyl halides is 1. The van der Waals surface area contributed by atoms with Crippen molar-refractivity contribution < 1.29 is 5.11 Å². The topological polar surface area (TPSA) is 20.2 Å². The van der Waals surface area contributed by atoms with Gasteiger partial charge in [-0.3, -0.25) is 0 Å². The van der Waals surface area contributed by atoms with Gasteiger partial charge < -0.3 is 5.11 Å². The third-order valence-corrected chi connectivity index (χ3v) is 10.5. The van der Waals surface area contributed by atoms with Crippen LogP contribution in [0.3, 0.4) is 0 Å². The van der Waals surface area contributed by atoms with Gasteiger partial charge in [-0.1, -0.05) is 83.5 Å². The lowest BCUT2D eigenvalue weighted by Gasteiger charge is -2.53. The summed E-state index contributed by atoms with van der Waals surface area (Å²) < 4.78 is 0. The lowest BCUT2D eigenvalue weighted by atomic mass is 9.57. The van der Waals surface area contributed by atoms with E-state index in [1.165, 1.54) is 128 Å². The van der Waals surface area contributed by atoms with E-state index in [0.717, 1.165) is 18.3 Å². The van der Waals surface area contributed by atoms with Crippen LogP contribution < -0.4 is 0 Å². The highest BCUT2D eigenvalue weighted by Gasteiger charge is 2.52. The maximum atomic E-state index is 12.5. The third kappa shape index (κ3) is 5.41. The van der Waals surface area contributed by atoms with E-state index in [1.807, 2.05) is 0 Å². The van der Waals surface area contributed by atoms with E-state index < -0.39 is 5.60 Å². The van der Waals surface area contributed by atoms with Gasteiger partial charge in [-0.05, 0) is 75.0 Å². The van der Waals surface area contributed by atoms with Crippen molar-refractivity contribution in [2.45, 2.75) is 146 Å². The lowest BCUT2D eigenvalue weighted by molar-refractivity contribution is -0.144. The summed E-state index contributed by atoms with van der Waals surface area (Å²) in [5, 5.41) is 12.7. The first kappa shape index (κ1) is 23.4. The molecule has 0 aromatic rings. The summed E-state index contributed by atoms with van der Waals surface area (Å²) in [6.45, 7) is 0. The summed E-state index contributed by atoms with van der Waals surface area (Å²) in [6, 6.07) is 0. The molecule has 4 aliphatic carbocycles. The van der Waals surface area contributed by atoms with Crippen molar-refractivity contribution in [1.82, 2.24) is 0 Å². The van der Waals surface area contributed by atoms with Gasteiger partial charge in [-0.15, -0.1) is 11.6 Å². The van der Waals surface area contributed by atoms with Crippen LogP contribution in [0.25, 0.3) is 0 Å². The number of rotatable bonds is 4. The molecule has 0 heterocycles. The van der Waals surface area contributed by atoms with E-state index >= 15 is 0 Å². The zero-order chi connectivity index (χ0) is 20.8. The van der Waals surface area contributed by atoms with Gasteiger partial charge in [0.1, 0.15) is 0 Å². The Hall–Kier alpha value is 0.250. The van der Waals surface area contributed by atoms with Crippen LogP contribution in [0.4, 0.5) is 0 Å². The minimum atomic E-state index is -0.476. The second kappa shape index (κ2) is 11.4. The Kier molecular flexibility index (Phi) is 8.90. The van der Waals surface area contributed by atoms with Gasteiger partial charge in [-0.2, -0.15) is 0 Å². The lowest BCUT2D eigenvalue weighted by Crippen LogP contribution is -2.56. The summed E-state index contributed by atoms with van der Waals surface area (Å²) in [5.74, 6) is 3.29. The predicted octanol–water partition coefficient (Wildman–Crippen LogP) is 8.65. The molecule has 0 saturated heterocycles. The van der Waals surface area contributed by atoms with E-state index in [2.05, 4.69) is 0 Å². The Bertz CT molecular complexity index is 483. The smallest absolute Gasteiger partial charge is 0.0745 e. The largest absolute Gasteiger partial charge is 0.389 e. The highest BCUT2D eigenvalue weighted by atomic mass is 35.5. The molecule has 0 radical (unpaired) electrons. The maximum absolute atomic E-state index is 12.5. The Morgan fingerprint density at radius 2 is 0.900 bits per heavy atom. The third-order valence-electron chi connectivity index (χ3n) is 10.0. The van der Waals surface area contributed by atoms with Crippen molar-refractivity contribution in [3.8, 4) is 0 Å². The van der Waals surface area contributed by atoms with Gasteiger partial charge in [0.2, 0.25) is 0 Å². The molecule has 0 aromatic carbocycles. The molecule has 1 nitrogen and oxygen atoms in total. The van der Waals surface area contributed by atoms with Crippen LogP contribution >= 0.6 is 11.6 Å². The van der Waals surface area contributed by atoms with E-state index in [1.54, 1.807) is 0 Å². The molecule has 3 atom stereocenters. The average Bonchev–Trinajstić information content (AvgIpc) is 2.94. The molecular formula is C28H49ClO. The second-order valence-electron chi connectivity index (χ2n) is 11.7. The number of halogens is 1. The predicted molar refractivity (Wildman–Crippen MR) is 129 cm³/mol. The Labute approximate surface area is 192 Å². The molecule has 0 aromatic heterocycles. The second-order valence-corrected chi connectivity index (χ2v) is 12.3. The van der Waals surface area contributed by atoms with Crippen molar-refractivity contribution in [2.24, 2.45) is 29.6 Å². The number of aliphatic hydroxyl groups is 1. The van der Waals surface area contributed by atoms with Crippen LogP contribution in [-0.4, -0.2) is 16.1 Å². The zero-order valence-electron chi connectivity index (χ0n) is 19.6. The Balaban J connectivity index is 1.43. The van der Waals surface area contributed by atoms with Gasteiger partial charge in [-0.25, -0.2) is 0 Å². The quantitative estimate of drug-likeness (QED) is 0.437. The molecular weight excluding hydrogens is 388 g/mol. The van der Waals surface area contributed by atoms with Gasteiger partial charge in [0.25, 0.3) is 0 Å². The fraction of sp³-hybridized carbons (Fsp3) is 1.00. The summed E-state index contributed by atoms with van der Waals surface area (Å²) >= 11 is 6.94. The molecule has 30 heavy (non-hydrogen) atoms. The van der Waals surface area contributed by atoms with Crippen LogP contribution in [0.5, 0.6) is 0 Å². The molecule has 174 valence electrons. The minimum absolute atomic E-state index is 0.206. The minimum Gasteiger partial charge on any atom is -0.389 e. The van der Waals surface area contributed by atoms with E-state index in [0.29, 0.717) is 17.8 Å². The zero-order valence-corrected chi connectivity index (χ0v) is 20.4. The molecule has 0 spiro atoms. The van der Waals surface area contributed by atoms with Crippen LogP contribution in [0.2, 0.25) is 0 Å². The Morgan fingerprint density at radius 1 is 0.467 bits per heavy atom. The summed E-state index contributed by atoms with van der Waals surface area (Å²) in [5.41, 5.74) is -0.476. The Morgan fingerprint density at radius 3 is 1.53 bits per heavy atom. The van der Waals surface area contributed by atoms with E-state index in [9.17, 15) is 5.11 Å². The molecule has 1 N–H and O–H groups in total. The highest BCUT2D eigenvalue weighted by Crippen LogP contribution is 2.53. The molecule has 0 bridgehead atoms. The molecule has 0 amide bonds. The van der Waals surface area contributed by atoms with E-state index in [-0.39, 0.29) is 5.38 Å². The fourth-order valence-electron chi connectivity index (χ4n) is 8.30. The van der Waals surface area contributed by atoms with Crippen LogP contribution in [-0.2, 0) is 0 Å². The van der Waals surface area contributed by atoms with Crippen molar-refractivity contribution in [3.05, 3.63) is 0 Å². The van der Waals surface area contributed by atoms with Crippen LogP contribution in [0.1, 0.15) is 135 Å².